The van der Waals surface area contributed by atoms with E-state index in [0.717, 1.165) is 0 Å². The number of benzene rings is 2. The highest BCUT2D eigenvalue weighted by atomic mass is 32.1. The number of carbonyl (C=O) groups excluding carboxylic acids is 3. The summed E-state index contributed by atoms with van der Waals surface area (Å²) in [4.78, 5) is 40.4. The molecule has 0 radical (unpaired) electrons. The summed E-state index contributed by atoms with van der Waals surface area (Å²) in [7, 11) is 0. The Labute approximate surface area is 192 Å². The minimum atomic E-state index is -0.772. The number of hydrogen-bond donors (Lipinski definition) is 2. The predicted molar refractivity (Wildman–Crippen MR) is 127 cm³/mol. The van der Waals surface area contributed by atoms with Crippen LogP contribution < -0.4 is 20.3 Å². The number of amides is 3. The van der Waals surface area contributed by atoms with E-state index in [1.54, 1.807) is 41.3 Å². The third kappa shape index (κ3) is 5.61. The standard InChI is InChI=1S/C23H26N4O4S/c1-3-31-19-11-9-18(10-12-19)27-22(30)20(26(23(27)32)14-13-24-16(2)28)15-21(29)25-17-7-5-4-6-8-17/h4-12,20H,3,13-15H2,1-2H3,(H,24,28)(H,25,29)/t20-/m1/s1. The van der Waals surface area contributed by atoms with Gasteiger partial charge in [-0.05, 0) is 55.5 Å². The van der Waals surface area contributed by atoms with Crippen molar-refractivity contribution in [2.24, 2.45) is 0 Å². The zero-order valence-electron chi connectivity index (χ0n) is 18.0. The molecular formula is C23H26N4O4S. The van der Waals surface area contributed by atoms with Gasteiger partial charge in [-0.25, -0.2) is 0 Å². The Hall–Kier alpha value is -3.46. The fraction of sp³-hybridized carbons (Fsp3) is 0.304. The molecule has 0 unspecified atom stereocenters. The average Bonchev–Trinajstić information content (AvgIpc) is 2.99. The number of nitrogens with one attached hydrogen (secondary N) is 2. The Morgan fingerprint density at radius 2 is 1.78 bits per heavy atom. The van der Waals surface area contributed by atoms with E-state index in [0.29, 0.717) is 41.9 Å². The summed E-state index contributed by atoms with van der Waals surface area (Å²) in [6, 6.07) is 15.3. The highest BCUT2D eigenvalue weighted by Gasteiger charge is 2.43. The SMILES string of the molecule is CCOc1ccc(N2C(=O)[C@@H](CC(=O)Nc3ccccc3)N(CCNC(C)=O)C2=S)cc1. The van der Waals surface area contributed by atoms with E-state index in [1.807, 2.05) is 25.1 Å². The van der Waals surface area contributed by atoms with Crippen LogP contribution >= 0.6 is 12.2 Å². The van der Waals surface area contributed by atoms with Crippen LogP contribution in [0, 0.1) is 0 Å². The Balaban J connectivity index is 1.79. The monoisotopic (exact) mass is 454 g/mol. The molecule has 9 heteroatoms. The second-order valence-electron chi connectivity index (χ2n) is 7.19. The molecule has 2 aromatic rings. The Kier molecular flexibility index (Phi) is 7.77. The number of thiocarbonyl (C=S) groups is 1. The molecule has 1 atom stereocenters. The van der Waals surface area contributed by atoms with Gasteiger partial charge in [0.15, 0.2) is 5.11 Å². The molecule has 2 N–H and O–H groups in total. The molecular weight excluding hydrogens is 428 g/mol. The lowest BCUT2D eigenvalue weighted by Crippen LogP contribution is -2.42. The Morgan fingerprint density at radius 3 is 2.41 bits per heavy atom. The Morgan fingerprint density at radius 1 is 1.09 bits per heavy atom. The van der Waals surface area contributed by atoms with Gasteiger partial charge in [0, 0.05) is 25.7 Å². The van der Waals surface area contributed by atoms with Crippen molar-refractivity contribution in [3.63, 3.8) is 0 Å². The topological polar surface area (TPSA) is 91.0 Å². The third-order valence-corrected chi connectivity index (χ3v) is 5.30. The molecule has 3 amide bonds. The van der Waals surface area contributed by atoms with Crippen molar-refractivity contribution >= 4 is 46.4 Å². The normalized spacial score (nSPS) is 15.6. The second-order valence-corrected chi connectivity index (χ2v) is 7.56. The first-order chi connectivity index (χ1) is 15.4. The van der Waals surface area contributed by atoms with Crippen molar-refractivity contribution in [1.82, 2.24) is 10.2 Å². The summed E-state index contributed by atoms with van der Waals surface area (Å²) in [6.07, 6.45) is -0.0680. The fourth-order valence-electron chi connectivity index (χ4n) is 3.44. The second kappa shape index (κ2) is 10.7. The first-order valence-corrected chi connectivity index (χ1v) is 10.8. The van der Waals surface area contributed by atoms with Crippen molar-refractivity contribution < 1.29 is 19.1 Å². The van der Waals surface area contributed by atoms with E-state index in [2.05, 4.69) is 10.6 Å². The summed E-state index contributed by atoms with van der Waals surface area (Å²) in [5.41, 5.74) is 1.25. The van der Waals surface area contributed by atoms with Gasteiger partial charge in [-0.2, -0.15) is 0 Å². The number of nitrogens with zero attached hydrogens (tertiary/aromatic N) is 2. The smallest absolute Gasteiger partial charge is 0.256 e. The van der Waals surface area contributed by atoms with Crippen molar-refractivity contribution in [3.8, 4) is 5.75 Å². The molecule has 0 spiro atoms. The molecule has 1 saturated heterocycles. The van der Waals surface area contributed by atoms with Gasteiger partial charge in [-0.3, -0.25) is 19.3 Å². The van der Waals surface area contributed by atoms with Gasteiger partial charge in [0.05, 0.1) is 18.7 Å². The van der Waals surface area contributed by atoms with Gasteiger partial charge in [0.25, 0.3) is 5.91 Å². The quantitative estimate of drug-likeness (QED) is 0.566. The molecule has 1 aliphatic rings. The van der Waals surface area contributed by atoms with Crippen LogP contribution in [0.2, 0.25) is 0 Å². The molecule has 168 valence electrons. The highest BCUT2D eigenvalue weighted by Crippen LogP contribution is 2.28. The van der Waals surface area contributed by atoms with E-state index in [4.69, 9.17) is 17.0 Å². The van der Waals surface area contributed by atoms with Crippen LogP contribution in [-0.2, 0) is 14.4 Å². The maximum absolute atomic E-state index is 13.3. The fourth-order valence-corrected chi connectivity index (χ4v) is 3.86. The van der Waals surface area contributed by atoms with E-state index in [1.165, 1.54) is 11.8 Å². The molecule has 1 fully saturated rings. The average molecular weight is 455 g/mol. The summed E-state index contributed by atoms with van der Waals surface area (Å²) in [5, 5.41) is 5.81. The maximum atomic E-state index is 13.3. The van der Waals surface area contributed by atoms with Crippen LogP contribution in [-0.4, -0.2) is 53.5 Å². The third-order valence-electron chi connectivity index (χ3n) is 4.89. The molecule has 1 aliphatic heterocycles. The van der Waals surface area contributed by atoms with Crippen molar-refractivity contribution in [2.45, 2.75) is 26.3 Å². The number of rotatable bonds is 9. The van der Waals surface area contributed by atoms with Gasteiger partial charge in [0.2, 0.25) is 11.8 Å². The summed E-state index contributed by atoms with van der Waals surface area (Å²) >= 11 is 5.60. The van der Waals surface area contributed by atoms with Crippen molar-refractivity contribution in [2.75, 3.05) is 29.9 Å². The molecule has 8 nitrogen and oxygen atoms in total. The number of ether oxygens (including phenoxy) is 1. The molecule has 0 saturated carbocycles. The van der Waals surface area contributed by atoms with E-state index < -0.39 is 6.04 Å². The number of hydrogen-bond acceptors (Lipinski definition) is 5. The van der Waals surface area contributed by atoms with Crippen molar-refractivity contribution in [1.29, 1.82) is 0 Å². The van der Waals surface area contributed by atoms with Crippen LogP contribution in [0.25, 0.3) is 0 Å². The lowest BCUT2D eigenvalue weighted by Gasteiger charge is -2.24. The lowest BCUT2D eigenvalue weighted by atomic mass is 10.1. The zero-order valence-corrected chi connectivity index (χ0v) is 18.9. The largest absolute Gasteiger partial charge is 0.494 e. The van der Waals surface area contributed by atoms with Crippen LogP contribution in [0.3, 0.4) is 0 Å². The predicted octanol–water partition coefficient (Wildman–Crippen LogP) is 2.55. The zero-order chi connectivity index (χ0) is 23.1. The van der Waals surface area contributed by atoms with Crippen LogP contribution in [0.5, 0.6) is 5.75 Å². The molecule has 2 aromatic carbocycles. The van der Waals surface area contributed by atoms with Crippen molar-refractivity contribution in [3.05, 3.63) is 54.6 Å². The minimum Gasteiger partial charge on any atom is -0.494 e. The van der Waals surface area contributed by atoms with Gasteiger partial charge < -0.3 is 20.3 Å². The maximum Gasteiger partial charge on any atom is 0.256 e. The van der Waals surface area contributed by atoms with E-state index >= 15 is 0 Å². The van der Waals surface area contributed by atoms with Crippen LogP contribution in [0.4, 0.5) is 11.4 Å². The summed E-state index contributed by atoms with van der Waals surface area (Å²) < 4.78 is 5.46. The molecule has 1 heterocycles. The molecule has 0 aliphatic carbocycles. The highest BCUT2D eigenvalue weighted by molar-refractivity contribution is 7.80. The molecule has 32 heavy (non-hydrogen) atoms. The first-order valence-electron chi connectivity index (χ1n) is 10.4. The minimum absolute atomic E-state index is 0.0680. The number of anilines is 2. The van der Waals surface area contributed by atoms with Crippen LogP contribution in [0.15, 0.2) is 54.6 Å². The van der Waals surface area contributed by atoms with Crippen LogP contribution in [0.1, 0.15) is 20.3 Å². The van der Waals surface area contributed by atoms with Gasteiger partial charge in [-0.1, -0.05) is 18.2 Å². The molecule has 0 bridgehead atoms. The first kappa shape index (κ1) is 23.2. The van der Waals surface area contributed by atoms with E-state index in [-0.39, 0.29) is 24.1 Å². The lowest BCUT2D eigenvalue weighted by molar-refractivity contribution is -0.124. The van der Waals surface area contributed by atoms with Gasteiger partial charge in [0.1, 0.15) is 11.8 Å². The molecule has 0 aromatic heterocycles. The van der Waals surface area contributed by atoms with Gasteiger partial charge >= 0.3 is 0 Å². The number of carbonyl (C=O) groups is 3. The summed E-state index contributed by atoms with van der Waals surface area (Å²) in [5.74, 6) is -0.0704. The number of para-hydroxylation sites is 1. The Bertz CT molecular complexity index is 981. The van der Waals surface area contributed by atoms with Gasteiger partial charge in [-0.15, -0.1) is 0 Å². The van der Waals surface area contributed by atoms with E-state index in [9.17, 15) is 14.4 Å². The summed E-state index contributed by atoms with van der Waals surface area (Å²) in [6.45, 7) is 4.46. The molecule has 3 rings (SSSR count).